The van der Waals surface area contributed by atoms with Crippen LogP contribution < -0.4 is 10.6 Å². The topological polar surface area (TPSA) is 78.5 Å². The fourth-order valence-electron chi connectivity index (χ4n) is 4.36. The van der Waals surface area contributed by atoms with Gasteiger partial charge in [0.15, 0.2) is 0 Å². The highest BCUT2D eigenvalue weighted by Gasteiger charge is 2.53. The third-order valence-corrected chi connectivity index (χ3v) is 6.49. The van der Waals surface area contributed by atoms with E-state index in [9.17, 15) is 14.4 Å². The molecule has 0 unspecified atom stereocenters. The SMILES string of the molecule is Cc1cccc(NC(=O)CN2C(=O)NC3(CCC(C(C)(C)C)CC3)C2=O)c1C. The standard InChI is InChI=1S/C22H31N3O3/c1-14-7-6-8-17(15(14)2)23-18(26)13-25-19(27)22(24-20(25)28)11-9-16(10-12-22)21(3,4)5/h6-8,16H,9-13H2,1-5H3,(H,23,26)(H,24,28). The molecule has 1 spiro atoms. The molecule has 1 aliphatic carbocycles. The predicted octanol–water partition coefficient (Wildman–Crippen LogP) is 3.77. The van der Waals surface area contributed by atoms with Gasteiger partial charge in [0.2, 0.25) is 5.91 Å². The number of rotatable bonds is 3. The Bertz CT molecular complexity index is 802. The molecule has 28 heavy (non-hydrogen) atoms. The van der Waals surface area contributed by atoms with Crippen molar-refractivity contribution in [3.8, 4) is 0 Å². The van der Waals surface area contributed by atoms with Crippen molar-refractivity contribution in [3.63, 3.8) is 0 Å². The van der Waals surface area contributed by atoms with Crippen molar-refractivity contribution < 1.29 is 14.4 Å². The largest absolute Gasteiger partial charge is 0.325 e. The van der Waals surface area contributed by atoms with Crippen molar-refractivity contribution in [1.82, 2.24) is 10.2 Å². The highest BCUT2D eigenvalue weighted by molar-refractivity contribution is 6.10. The van der Waals surface area contributed by atoms with Gasteiger partial charge in [-0.05, 0) is 68.1 Å². The molecule has 2 fully saturated rings. The van der Waals surface area contributed by atoms with Gasteiger partial charge in [-0.1, -0.05) is 32.9 Å². The number of amides is 4. The van der Waals surface area contributed by atoms with E-state index in [1.54, 1.807) is 0 Å². The van der Waals surface area contributed by atoms with Crippen molar-refractivity contribution >= 4 is 23.5 Å². The number of anilines is 1. The van der Waals surface area contributed by atoms with Gasteiger partial charge >= 0.3 is 6.03 Å². The number of urea groups is 1. The van der Waals surface area contributed by atoms with Gasteiger partial charge in [-0.15, -0.1) is 0 Å². The van der Waals surface area contributed by atoms with E-state index in [-0.39, 0.29) is 23.8 Å². The Morgan fingerprint density at radius 2 is 1.86 bits per heavy atom. The number of nitrogens with one attached hydrogen (secondary N) is 2. The van der Waals surface area contributed by atoms with Crippen molar-refractivity contribution in [2.24, 2.45) is 11.3 Å². The summed E-state index contributed by atoms with van der Waals surface area (Å²) in [5, 5.41) is 5.71. The van der Waals surface area contributed by atoms with Gasteiger partial charge < -0.3 is 10.6 Å². The van der Waals surface area contributed by atoms with Gasteiger partial charge in [0.05, 0.1) is 0 Å². The van der Waals surface area contributed by atoms with E-state index < -0.39 is 11.6 Å². The maximum Gasteiger partial charge on any atom is 0.325 e. The number of hydrogen-bond acceptors (Lipinski definition) is 3. The molecule has 1 aromatic carbocycles. The Morgan fingerprint density at radius 3 is 2.46 bits per heavy atom. The lowest BCUT2D eigenvalue weighted by atomic mass is 9.67. The second-order valence-corrected chi connectivity index (χ2v) is 9.34. The number of carbonyl (C=O) groups is 3. The van der Waals surface area contributed by atoms with Crippen molar-refractivity contribution in [2.45, 2.75) is 65.8 Å². The van der Waals surface area contributed by atoms with Crippen LogP contribution in [0.25, 0.3) is 0 Å². The van der Waals surface area contributed by atoms with Gasteiger partial charge in [0.25, 0.3) is 5.91 Å². The smallest absolute Gasteiger partial charge is 0.324 e. The minimum atomic E-state index is -0.835. The quantitative estimate of drug-likeness (QED) is 0.778. The monoisotopic (exact) mass is 385 g/mol. The molecular weight excluding hydrogens is 354 g/mol. The molecule has 1 saturated heterocycles. The summed E-state index contributed by atoms with van der Waals surface area (Å²) >= 11 is 0. The van der Waals surface area contributed by atoms with E-state index in [0.717, 1.165) is 28.9 Å². The van der Waals surface area contributed by atoms with E-state index in [1.165, 1.54) is 0 Å². The predicted molar refractivity (Wildman–Crippen MR) is 109 cm³/mol. The first-order valence-corrected chi connectivity index (χ1v) is 10.0. The van der Waals surface area contributed by atoms with Gasteiger partial charge in [0, 0.05) is 5.69 Å². The molecule has 0 radical (unpaired) electrons. The minimum absolute atomic E-state index is 0.193. The lowest BCUT2D eigenvalue weighted by Crippen LogP contribution is -2.51. The third-order valence-electron chi connectivity index (χ3n) is 6.49. The van der Waals surface area contributed by atoms with Gasteiger partial charge in [-0.25, -0.2) is 4.79 Å². The van der Waals surface area contributed by atoms with Crippen LogP contribution >= 0.6 is 0 Å². The third kappa shape index (κ3) is 3.77. The van der Waals surface area contributed by atoms with E-state index in [1.807, 2.05) is 32.0 Å². The summed E-state index contributed by atoms with van der Waals surface area (Å²) in [6.45, 7) is 10.3. The van der Waals surface area contributed by atoms with Crippen molar-refractivity contribution in [3.05, 3.63) is 29.3 Å². The van der Waals surface area contributed by atoms with Gasteiger partial charge in [-0.2, -0.15) is 0 Å². The zero-order valence-corrected chi connectivity index (χ0v) is 17.5. The Hall–Kier alpha value is -2.37. The molecule has 4 amide bonds. The van der Waals surface area contributed by atoms with E-state index in [4.69, 9.17) is 0 Å². The zero-order valence-electron chi connectivity index (χ0n) is 17.5. The lowest BCUT2D eigenvalue weighted by molar-refractivity contribution is -0.135. The average molecular weight is 386 g/mol. The van der Waals surface area contributed by atoms with Crippen molar-refractivity contribution in [2.75, 3.05) is 11.9 Å². The summed E-state index contributed by atoms with van der Waals surface area (Å²) in [5.74, 6) is -0.0944. The molecule has 1 heterocycles. The fraction of sp³-hybridized carbons (Fsp3) is 0.591. The van der Waals surface area contributed by atoms with Crippen LogP contribution in [0.5, 0.6) is 0 Å². The Morgan fingerprint density at radius 1 is 1.21 bits per heavy atom. The number of benzene rings is 1. The zero-order chi connectivity index (χ0) is 20.7. The molecule has 1 aromatic rings. The summed E-state index contributed by atoms with van der Waals surface area (Å²) in [6, 6.07) is 5.20. The molecule has 152 valence electrons. The average Bonchev–Trinajstić information content (AvgIpc) is 2.83. The number of hydrogen-bond donors (Lipinski definition) is 2. The molecule has 0 aromatic heterocycles. The molecule has 3 rings (SSSR count). The molecule has 2 aliphatic rings. The number of aryl methyl sites for hydroxylation is 1. The van der Waals surface area contributed by atoms with Crippen molar-refractivity contribution in [1.29, 1.82) is 0 Å². The molecule has 6 nitrogen and oxygen atoms in total. The van der Waals surface area contributed by atoms with Crippen LogP contribution in [0.15, 0.2) is 18.2 Å². The summed E-state index contributed by atoms with van der Waals surface area (Å²) < 4.78 is 0. The summed E-state index contributed by atoms with van der Waals surface area (Å²) in [5.41, 5.74) is 2.11. The van der Waals surface area contributed by atoms with Crippen LogP contribution in [-0.2, 0) is 9.59 Å². The first kappa shape index (κ1) is 20.4. The number of imide groups is 1. The highest BCUT2D eigenvalue weighted by Crippen LogP contribution is 2.43. The van der Waals surface area contributed by atoms with E-state index in [0.29, 0.717) is 24.4 Å². The normalized spacial score (nSPS) is 25.2. The van der Waals surface area contributed by atoms with Gasteiger partial charge in [-0.3, -0.25) is 14.5 Å². The maximum absolute atomic E-state index is 13.0. The molecule has 1 aliphatic heterocycles. The minimum Gasteiger partial charge on any atom is -0.324 e. The Balaban J connectivity index is 1.66. The number of carbonyl (C=O) groups excluding carboxylic acids is 3. The van der Waals surface area contributed by atoms with Crippen LogP contribution in [0.4, 0.5) is 10.5 Å². The maximum atomic E-state index is 13.0. The number of nitrogens with zero attached hydrogens (tertiary/aromatic N) is 1. The first-order chi connectivity index (χ1) is 13.0. The summed E-state index contributed by atoms with van der Waals surface area (Å²) in [4.78, 5) is 39.0. The van der Waals surface area contributed by atoms with Crippen LogP contribution in [0.1, 0.15) is 57.6 Å². The van der Waals surface area contributed by atoms with Crippen LogP contribution in [0.2, 0.25) is 0 Å². The summed E-state index contributed by atoms with van der Waals surface area (Å²) in [7, 11) is 0. The molecule has 0 bridgehead atoms. The van der Waals surface area contributed by atoms with E-state index in [2.05, 4.69) is 31.4 Å². The molecular formula is C22H31N3O3. The van der Waals surface area contributed by atoms with E-state index >= 15 is 0 Å². The molecule has 6 heteroatoms. The fourth-order valence-corrected chi connectivity index (χ4v) is 4.36. The van der Waals surface area contributed by atoms with Crippen LogP contribution in [0.3, 0.4) is 0 Å². The second kappa shape index (κ2) is 7.22. The lowest BCUT2D eigenvalue weighted by Gasteiger charge is -2.40. The summed E-state index contributed by atoms with van der Waals surface area (Å²) in [6.07, 6.45) is 3.07. The molecule has 2 N–H and O–H groups in total. The molecule has 0 atom stereocenters. The molecule has 1 saturated carbocycles. The highest BCUT2D eigenvalue weighted by atomic mass is 16.2. The first-order valence-electron chi connectivity index (χ1n) is 10.0. The Kier molecular flexibility index (Phi) is 5.26. The van der Waals surface area contributed by atoms with Crippen LogP contribution in [-0.4, -0.2) is 34.8 Å². The van der Waals surface area contributed by atoms with Gasteiger partial charge in [0.1, 0.15) is 12.1 Å². The Labute approximate surface area is 167 Å². The second-order valence-electron chi connectivity index (χ2n) is 9.34. The van der Waals surface area contributed by atoms with Crippen LogP contribution in [0, 0.1) is 25.2 Å².